The van der Waals surface area contributed by atoms with Crippen molar-refractivity contribution in [3.8, 4) is 11.5 Å². The van der Waals surface area contributed by atoms with Crippen molar-refractivity contribution in [3.63, 3.8) is 0 Å². The summed E-state index contributed by atoms with van der Waals surface area (Å²) in [6.07, 6.45) is 6.74. The van der Waals surface area contributed by atoms with Gasteiger partial charge in [-0.15, -0.1) is 0 Å². The van der Waals surface area contributed by atoms with E-state index in [1.165, 1.54) is 11.3 Å². The molecule has 1 saturated heterocycles. The standard InChI is InChI=1S/C25H27BrN2O4/c1-2-31-23-15-18(10-13-22(23)32-16-17-8-11-19(26)12-9-17)14-21-24(29)28(25(30)27-21)20-6-4-3-5-7-20/h8-15,20H,2-7,16H2,1H3,(H,27,30)/b21-14-. The van der Waals surface area contributed by atoms with Crippen LogP contribution in [0.15, 0.2) is 52.6 Å². The van der Waals surface area contributed by atoms with Gasteiger partial charge in [0, 0.05) is 10.5 Å². The number of ether oxygens (including phenoxy) is 2. The van der Waals surface area contributed by atoms with E-state index in [0.29, 0.717) is 30.4 Å². The van der Waals surface area contributed by atoms with Crippen LogP contribution < -0.4 is 14.8 Å². The molecule has 0 bridgehead atoms. The molecule has 0 unspecified atom stereocenters. The highest BCUT2D eigenvalue weighted by molar-refractivity contribution is 9.10. The number of urea groups is 1. The van der Waals surface area contributed by atoms with E-state index in [4.69, 9.17) is 9.47 Å². The molecule has 168 valence electrons. The van der Waals surface area contributed by atoms with E-state index < -0.39 is 0 Å². The van der Waals surface area contributed by atoms with Gasteiger partial charge in [0.25, 0.3) is 5.91 Å². The van der Waals surface area contributed by atoms with E-state index in [1.54, 1.807) is 6.08 Å². The molecule has 6 nitrogen and oxygen atoms in total. The molecule has 0 radical (unpaired) electrons. The van der Waals surface area contributed by atoms with Gasteiger partial charge < -0.3 is 14.8 Å². The van der Waals surface area contributed by atoms with Crippen LogP contribution in [0.1, 0.15) is 50.2 Å². The average Bonchev–Trinajstić information content (AvgIpc) is 3.08. The van der Waals surface area contributed by atoms with Gasteiger partial charge in [-0.2, -0.15) is 0 Å². The Morgan fingerprint density at radius 3 is 2.50 bits per heavy atom. The van der Waals surface area contributed by atoms with Gasteiger partial charge in [-0.1, -0.05) is 53.4 Å². The zero-order chi connectivity index (χ0) is 22.5. The van der Waals surface area contributed by atoms with Crippen molar-refractivity contribution in [3.05, 3.63) is 63.8 Å². The summed E-state index contributed by atoms with van der Waals surface area (Å²) in [7, 11) is 0. The molecule has 2 fully saturated rings. The lowest BCUT2D eigenvalue weighted by Gasteiger charge is -2.28. The summed E-state index contributed by atoms with van der Waals surface area (Å²) in [6, 6.07) is 13.1. The number of amides is 3. The summed E-state index contributed by atoms with van der Waals surface area (Å²) in [6.45, 7) is 2.81. The quantitative estimate of drug-likeness (QED) is 0.395. The van der Waals surface area contributed by atoms with Crippen molar-refractivity contribution in [2.45, 2.75) is 51.7 Å². The maximum atomic E-state index is 12.9. The maximum absolute atomic E-state index is 12.9. The van der Waals surface area contributed by atoms with Crippen molar-refractivity contribution >= 4 is 33.9 Å². The van der Waals surface area contributed by atoms with E-state index in [1.807, 2.05) is 49.4 Å². The Kier molecular flexibility index (Phi) is 7.15. The van der Waals surface area contributed by atoms with Crippen molar-refractivity contribution in [2.24, 2.45) is 0 Å². The fraction of sp³-hybridized carbons (Fsp3) is 0.360. The van der Waals surface area contributed by atoms with Crippen molar-refractivity contribution < 1.29 is 19.1 Å². The molecule has 1 heterocycles. The van der Waals surface area contributed by atoms with E-state index >= 15 is 0 Å². The lowest BCUT2D eigenvalue weighted by Crippen LogP contribution is -2.41. The SMILES string of the molecule is CCOc1cc(/C=C2\NC(=O)N(C3CCCCC3)C2=O)ccc1OCc1ccc(Br)cc1. The molecular weight excluding hydrogens is 472 g/mol. The van der Waals surface area contributed by atoms with Crippen molar-refractivity contribution in [2.75, 3.05) is 6.61 Å². The molecule has 2 aromatic rings. The van der Waals surface area contributed by atoms with Crippen LogP contribution in [0.3, 0.4) is 0 Å². The number of nitrogens with one attached hydrogen (secondary N) is 1. The number of carbonyl (C=O) groups excluding carboxylic acids is 2. The highest BCUT2D eigenvalue weighted by Gasteiger charge is 2.38. The summed E-state index contributed by atoms with van der Waals surface area (Å²) >= 11 is 3.43. The zero-order valence-electron chi connectivity index (χ0n) is 18.1. The van der Waals surface area contributed by atoms with E-state index in [-0.39, 0.29) is 18.0 Å². The predicted molar refractivity (Wildman–Crippen MR) is 126 cm³/mol. The molecule has 0 aromatic heterocycles. The molecule has 3 amide bonds. The minimum Gasteiger partial charge on any atom is -0.490 e. The van der Waals surface area contributed by atoms with Gasteiger partial charge in [0.15, 0.2) is 11.5 Å². The molecule has 1 aliphatic carbocycles. The molecular formula is C25H27BrN2O4. The Hall–Kier alpha value is -2.80. The first-order valence-electron chi connectivity index (χ1n) is 11.1. The molecule has 2 aromatic carbocycles. The summed E-state index contributed by atoms with van der Waals surface area (Å²) in [5.74, 6) is 0.970. The Balaban J connectivity index is 1.50. The lowest BCUT2D eigenvalue weighted by atomic mass is 9.94. The predicted octanol–water partition coefficient (Wildman–Crippen LogP) is 5.65. The first kappa shape index (κ1) is 22.4. The first-order chi connectivity index (χ1) is 15.5. The molecule has 32 heavy (non-hydrogen) atoms. The highest BCUT2D eigenvalue weighted by atomic mass is 79.9. The fourth-order valence-corrected chi connectivity index (χ4v) is 4.39. The molecule has 0 spiro atoms. The summed E-state index contributed by atoms with van der Waals surface area (Å²) < 4.78 is 12.8. The average molecular weight is 499 g/mol. The number of hydrogen-bond acceptors (Lipinski definition) is 4. The van der Waals surface area contributed by atoms with Gasteiger partial charge in [-0.3, -0.25) is 9.69 Å². The van der Waals surface area contributed by atoms with Gasteiger partial charge in [-0.25, -0.2) is 4.79 Å². The number of rotatable bonds is 7. The second kappa shape index (κ2) is 10.2. The van der Waals surface area contributed by atoms with Gasteiger partial charge in [0.1, 0.15) is 12.3 Å². The van der Waals surface area contributed by atoms with E-state index in [9.17, 15) is 9.59 Å². The largest absolute Gasteiger partial charge is 0.490 e. The molecule has 2 aliphatic rings. The summed E-state index contributed by atoms with van der Waals surface area (Å²) in [5, 5.41) is 2.74. The molecule has 4 rings (SSSR count). The topological polar surface area (TPSA) is 67.9 Å². The highest BCUT2D eigenvalue weighted by Crippen LogP contribution is 2.31. The molecule has 1 N–H and O–H groups in total. The Morgan fingerprint density at radius 1 is 1.03 bits per heavy atom. The minimum atomic E-state index is -0.326. The van der Waals surface area contributed by atoms with Crippen LogP contribution in [0.2, 0.25) is 0 Å². The third kappa shape index (κ3) is 5.15. The monoisotopic (exact) mass is 498 g/mol. The summed E-state index contributed by atoms with van der Waals surface area (Å²) in [5.41, 5.74) is 2.11. The van der Waals surface area contributed by atoms with Crippen LogP contribution in [0, 0.1) is 0 Å². The number of benzene rings is 2. The first-order valence-corrected chi connectivity index (χ1v) is 11.8. The smallest absolute Gasteiger partial charge is 0.329 e. The normalized spacial score (nSPS) is 18.2. The number of halogens is 1. The van der Waals surface area contributed by atoms with Crippen LogP contribution in [0.4, 0.5) is 4.79 Å². The van der Waals surface area contributed by atoms with Crippen LogP contribution in [0.25, 0.3) is 6.08 Å². The van der Waals surface area contributed by atoms with E-state index in [2.05, 4.69) is 21.2 Å². The second-order valence-corrected chi connectivity index (χ2v) is 8.93. The van der Waals surface area contributed by atoms with E-state index in [0.717, 1.165) is 41.3 Å². The third-order valence-corrected chi connectivity index (χ3v) is 6.26. The van der Waals surface area contributed by atoms with Gasteiger partial charge in [-0.05, 0) is 61.2 Å². The molecule has 7 heteroatoms. The van der Waals surface area contributed by atoms with Crippen molar-refractivity contribution in [1.82, 2.24) is 10.2 Å². The number of hydrogen-bond donors (Lipinski definition) is 1. The Morgan fingerprint density at radius 2 is 1.78 bits per heavy atom. The Labute approximate surface area is 196 Å². The second-order valence-electron chi connectivity index (χ2n) is 8.01. The fourth-order valence-electron chi connectivity index (χ4n) is 4.13. The lowest BCUT2D eigenvalue weighted by molar-refractivity contribution is -0.124. The third-order valence-electron chi connectivity index (χ3n) is 5.74. The Bertz CT molecular complexity index is 1010. The number of imide groups is 1. The molecule has 1 aliphatic heterocycles. The molecule has 0 atom stereocenters. The zero-order valence-corrected chi connectivity index (χ0v) is 19.7. The number of carbonyl (C=O) groups is 2. The van der Waals surface area contributed by atoms with Crippen LogP contribution in [-0.4, -0.2) is 29.5 Å². The van der Waals surface area contributed by atoms with Gasteiger partial charge >= 0.3 is 6.03 Å². The van der Waals surface area contributed by atoms with Crippen LogP contribution >= 0.6 is 15.9 Å². The maximum Gasteiger partial charge on any atom is 0.329 e. The van der Waals surface area contributed by atoms with Gasteiger partial charge in [0.2, 0.25) is 0 Å². The number of nitrogens with zero attached hydrogens (tertiary/aromatic N) is 1. The van der Waals surface area contributed by atoms with Crippen molar-refractivity contribution in [1.29, 1.82) is 0 Å². The summed E-state index contributed by atoms with van der Waals surface area (Å²) in [4.78, 5) is 26.7. The molecule has 1 saturated carbocycles. The minimum absolute atomic E-state index is 0.00415. The van der Waals surface area contributed by atoms with Crippen LogP contribution in [-0.2, 0) is 11.4 Å². The van der Waals surface area contributed by atoms with Gasteiger partial charge in [0.05, 0.1) is 6.61 Å². The van der Waals surface area contributed by atoms with Crippen LogP contribution in [0.5, 0.6) is 11.5 Å².